The summed E-state index contributed by atoms with van der Waals surface area (Å²) in [7, 11) is 1.80. The van der Waals surface area contributed by atoms with Crippen LogP contribution in [-0.4, -0.2) is 35.2 Å². The van der Waals surface area contributed by atoms with Crippen LogP contribution in [0.5, 0.6) is 0 Å². The number of nitrogens with zero attached hydrogens (tertiary/aromatic N) is 1. The Labute approximate surface area is 152 Å². The Hall–Kier alpha value is -1.97. The first-order valence-electron chi connectivity index (χ1n) is 9.32. The zero-order valence-electron chi connectivity index (χ0n) is 16.8. The summed E-state index contributed by atoms with van der Waals surface area (Å²) in [5, 5.41) is 1.28. The third kappa shape index (κ3) is 6.11. The number of nitrogens with one attached hydrogen (secondary N) is 1. The number of amides is 1. The molecule has 1 N–H and O–H groups in total. The van der Waals surface area contributed by atoms with E-state index < -0.39 is 5.60 Å². The molecule has 2 rings (SSSR count). The van der Waals surface area contributed by atoms with Gasteiger partial charge in [-0.25, -0.2) is 4.79 Å². The predicted molar refractivity (Wildman–Crippen MR) is 106 cm³/mol. The number of rotatable bonds is 5. The minimum Gasteiger partial charge on any atom is -0.444 e. The number of aromatic nitrogens is 1. The van der Waals surface area contributed by atoms with Crippen LogP contribution in [-0.2, 0) is 4.74 Å². The van der Waals surface area contributed by atoms with Crippen LogP contribution in [0.25, 0.3) is 10.9 Å². The van der Waals surface area contributed by atoms with Crippen LogP contribution in [0.4, 0.5) is 4.79 Å². The molecule has 0 aliphatic carbocycles. The van der Waals surface area contributed by atoms with Crippen LogP contribution < -0.4 is 0 Å². The quantitative estimate of drug-likeness (QED) is 0.727. The van der Waals surface area contributed by atoms with Gasteiger partial charge in [0.05, 0.1) is 0 Å². The Bertz CT molecular complexity index is 655. The molecule has 1 heterocycles. The Morgan fingerprint density at radius 1 is 1.24 bits per heavy atom. The van der Waals surface area contributed by atoms with Gasteiger partial charge in [-0.2, -0.15) is 0 Å². The first kappa shape index (κ1) is 21.1. The smallest absolute Gasteiger partial charge is 0.410 e. The lowest BCUT2D eigenvalue weighted by molar-refractivity contribution is 0.0294. The highest BCUT2D eigenvalue weighted by molar-refractivity contribution is 5.83. The molecule has 0 saturated carbocycles. The Balaban J connectivity index is 0.00000151. The van der Waals surface area contributed by atoms with E-state index in [1.54, 1.807) is 11.9 Å². The van der Waals surface area contributed by atoms with Crippen molar-refractivity contribution < 1.29 is 9.53 Å². The van der Waals surface area contributed by atoms with Crippen molar-refractivity contribution >= 4 is 17.0 Å². The van der Waals surface area contributed by atoms with Crippen molar-refractivity contribution in [3.8, 4) is 0 Å². The molecule has 1 amide bonds. The maximum atomic E-state index is 12.1. The maximum absolute atomic E-state index is 12.1. The number of hydrogen-bond donors (Lipinski definition) is 1. The fourth-order valence-corrected chi connectivity index (χ4v) is 2.79. The lowest BCUT2D eigenvalue weighted by Crippen LogP contribution is -2.35. The molecule has 0 bridgehead atoms. The van der Waals surface area contributed by atoms with Crippen molar-refractivity contribution in [2.75, 3.05) is 13.6 Å². The molecule has 0 saturated heterocycles. The predicted octanol–water partition coefficient (Wildman–Crippen LogP) is 5.94. The van der Waals surface area contributed by atoms with Crippen LogP contribution in [0, 0.1) is 0 Å². The van der Waals surface area contributed by atoms with Gasteiger partial charge in [0.15, 0.2) is 0 Å². The van der Waals surface area contributed by atoms with E-state index in [-0.39, 0.29) is 6.09 Å². The highest BCUT2D eigenvalue weighted by atomic mass is 16.6. The number of carbonyl (C=O) groups is 1. The third-order valence-electron chi connectivity index (χ3n) is 4.07. The van der Waals surface area contributed by atoms with Crippen molar-refractivity contribution in [1.29, 1.82) is 0 Å². The normalized spacial score (nSPS) is 12.3. The molecular formula is C21H34N2O2. The number of H-pyrrole nitrogens is 1. The summed E-state index contributed by atoms with van der Waals surface area (Å²) >= 11 is 0. The van der Waals surface area contributed by atoms with Crippen LogP contribution in [0.2, 0.25) is 0 Å². The molecule has 140 valence electrons. The molecule has 0 radical (unpaired) electrons. The lowest BCUT2D eigenvalue weighted by Gasteiger charge is -2.25. The average Bonchev–Trinajstić information content (AvgIpc) is 3.00. The number of hydrogen-bond acceptors (Lipinski definition) is 2. The van der Waals surface area contributed by atoms with Crippen LogP contribution in [0.15, 0.2) is 30.5 Å². The molecule has 0 aliphatic rings. The molecule has 25 heavy (non-hydrogen) atoms. The van der Waals surface area contributed by atoms with E-state index in [1.165, 1.54) is 16.5 Å². The number of benzene rings is 1. The van der Waals surface area contributed by atoms with Gasteiger partial charge in [-0.15, -0.1) is 0 Å². The van der Waals surface area contributed by atoms with Gasteiger partial charge in [0.1, 0.15) is 5.60 Å². The summed E-state index contributed by atoms with van der Waals surface area (Å²) < 4.78 is 5.41. The lowest BCUT2D eigenvalue weighted by atomic mass is 9.93. The number of fused-ring (bicyclic) bond motifs is 1. The standard InChI is InChI=1S/C19H28N2O2.C2H6/c1-6-14(11-12-21(5)18(22)23-19(2,3)4)16-13-20-17-10-8-7-9-15(16)17;1-2/h7-10,13-14,20H,6,11-12H2,1-5H3;1-2H3. The molecule has 4 heteroatoms. The van der Waals surface area contributed by atoms with Gasteiger partial charge in [0.2, 0.25) is 0 Å². The third-order valence-corrected chi connectivity index (χ3v) is 4.07. The molecule has 0 fully saturated rings. The zero-order valence-corrected chi connectivity index (χ0v) is 16.8. The monoisotopic (exact) mass is 346 g/mol. The summed E-state index contributed by atoms with van der Waals surface area (Å²) in [6.07, 6.45) is 3.82. The fraction of sp³-hybridized carbons (Fsp3) is 0.571. The van der Waals surface area contributed by atoms with Crippen molar-refractivity contribution in [3.05, 3.63) is 36.0 Å². The first-order chi connectivity index (χ1) is 11.8. The van der Waals surface area contributed by atoms with Gasteiger partial charge in [-0.3, -0.25) is 0 Å². The van der Waals surface area contributed by atoms with E-state index in [4.69, 9.17) is 4.74 Å². The van der Waals surface area contributed by atoms with Crippen molar-refractivity contribution in [2.24, 2.45) is 0 Å². The minimum absolute atomic E-state index is 0.258. The van der Waals surface area contributed by atoms with Crippen LogP contribution in [0.3, 0.4) is 0 Å². The highest BCUT2D eigenvalue weighted by Crippen LogP contribution is 2.30. The van der Waals surface area contributed by atoms with Gasteiger partial charge in [0, 0.05) is 30.7 Å². The molecule has 0 aliphatic heterocycles. The second-order valence-corrected chi connectivity index (χ2v) is 7.09. The van der Waals surface area contributed by atoms with Crippen LogP contribution in [0.1, 0.15) is 65.9 Å². The maximum Gasteiger partial charge on any atom is 0.410 e. The van der Waals surface area contributed by atoms with Crippen molar-refractivity contribution in [2.45, 2.75) is 65.9 Å². The van der Waals surface area contributed by atoms with E-state index >= 15 is 0 Å². The summed E-state index contributed by atoms with van der Waals surface area (Å²) in [6.45, 7) is 12.5. The van der Waals surface area contributed by atoms with E-state index in [0.717, 1.165) is 12.8 Å². The fourth-order valence-electron chi connectivity index (χ4n) is 2.79. The minimum atomic E-state index is -0.452. The van der Waals surface area contributed by atoms with Gasteiger partial charge < -0.3 is 14.6 Å². The SMILES string of the molecule is CC.CCC(CCN(C)C(=O)OC(C)(C)C)c1c[nH]c2ccccc12. The molecular weight excluding hydrogens is 312 g/mol. The Morgan fingerprint density at radius 2 is 1.88 bits per heavy atom. The van der Waals surface area contributed by atoms with Crippen LogP contribution >= 0.6 is 0 Å². The van der Waals surface area contributed by atoms with Gasteiger partial charge >= 0.3 is 6.09 Å². The van der Waals surface area contributed by atoms with Crippen molar-refractivity contribution in [3.63, 3.8) is 0 Å². The topological polar surface area (TPSA) is 45.3 Å². The molecule has 2 aromatic rings. The average molecular weight is 347 g/mol. The van der Waals surface area contributed by atoms with E-state index in [2.05, 4.69) is 36.3 Å². The van der Waals surface area contributed by atoms with Gasteiger partial charge in [0.25, 0.3) is 0 Å². The highest BCUT2D eigenvalue weighted by Gasteiger charge is 2.21. The summed E-state index contributed by atoms with van der Waals surface area (Å²) in [5.74, 6) is 0.427. The number of ether oxygens (including phenoxy) is 1. The van der Waals surface area contributed by atoms with Gasteiger partial charge in [-0.05, 0) is 51.2 Å². The van der Waals surface area contributed by atoms with Gasteiger partial charge in [-0.1, -0.05) is 39.0 Å². The Kier molecular flexibility index (Phi) is 8.01. The second kappa shape index (κ2) is 9.50. The van der Waals surface area contributed by atoms with Crippen molar-refractivity contribution in [1.82, 2.24) is 9.88 Å². The second-order valence-electron chi connectivity index (χ2n) is 7.09. The number of aromatic amines is 1. The van der Waals surface area contributed by atoms with E-state index in [1.807, 2.05) is 40.7 Å². The summed E-state index contributed by atoms with van der Waals surface area (Å²) in [5.41, 5.74) is 2.05. The molecule has 1 atom stereocenters. The number of carbonyl (C=O) groups excluding carboxylic acids is 1. The molecule has 1 aromatic heterocycles. The molecule has 0 spiro atoms. The molecule has 4 nitrogen and oxygen atoms in total. The first-order valence-corrected chi connectivity index (χ1v) is 9.32. The Morgan fingerprint density at radius 3 is 2.48 bits per heavy atom. The number of para-hydroxylation sites is 1. The molecule has 1 unspecified atom stereocenters. The summed E-state index contributed by atoms with van der Waals surface area (Å²) in [4.78, 5) is 17.1. The van der Waals surface area contributed by atoms with E-state index in [0.29, 0.717) is 12.5 Å². The largest absolute Gasteiger partial charge is 0.444 e. The van der Waals surface area contributed by atoms with E-state index in [9.17, 15) is 4.79 Å². The molecule has 1 aromatic carbocycles. The summed E-state index contributed by atoms with van der Waals surface area (Å²) in [6, 6.07) is 8.36. The zero-order chi connectivity index (χ0) is 19.0.